The van der Waals surface area contributed by atoms with E-state index in [9.17, 15) is 9.59 Å². The van der Waals surface area contributed by atoms with Crippen molar-refractivity contribution in [3.8, 4) is 0 Å². The fourth-order valence-electron chi connectivity index (χ4n) is 4.89. The molecule has 1 fully saturated rings. The number of amides is 2. The van der Waals surface area contributed by atoms with E-state index in [0.717, 1.165) is 49.5 Å². The van der Waals surface area contributed by atoms with Crippen LogP contribution in [0.4, 0.5) is 10.5 Å². The zero-order valence-electron chi connectivity index (χ0n) is 21.5. The summed E-state index contributed by atoms with van der Waals surface area (Å²) in [4.78, 5) is 35.0. The number of carbonyl (C=O) groups excluding carboxylic acids is 1. The molecule has 3 aromatic rings. The molecule has 8 heteroatoms. The monoisotopic (exact) mass is 501 g/mol. The van der Waals surface area contributed by atoms with Crippen molar-refractivity contribution in [3.63, 3.8) is 0 Å². The van der Waals surface area contributed by atoms with Crippen LogP contribution in [0, 0.1) is 0 Å². The van der Waals surface area contributed by atoms with Gasteiger partial charge in [0, 0.05) is 63.3 Å². The van der Waals surface area contributed by atoms with E-state index < -0.39 is 6.09 Å². The number of pyridine rings is 1. The highest BCUT2D eigenvalue weighted by atomic mass is 16.4. The fourth-order valence-corrected chi connectivity index (χ4v) is 4.89. The first-order valence-corrected chi connectivity index (χ1v) is 12.8. The van der Waals surface area contributed by atoms with Gasteiger partial charge in [-0.05, 0) is 61.4 Å². The smallest absolute Gasteiger partial charge is 0.409 e. The van der Waals surface area contributed by atoms with Crippen LogP contribution in [0.2, 0.25) is 0 Å². The number of benzene rings is 2. The van der Waals surface area contributed by atoms with Gasteiger partial charge in [-0.25, -0.2) is 4.79 Å². The van der Waals surface area contributed by atoms with E-state index in [-0.39, 0.29) is 11.9 Å². The molecule has 0 radical (unpaired) electrons. The lowest BCUT2D eigenvalue weighted by atomic mass is 9.95. The summed E-state index contributed by atoms with van der Waals surface area (Å²) in [6.45, 7) is 9.77. The predicted molar refractivity (Wildman–Crippen MR) is 145 cm³/mol. The minimum absolute atomic E-state index is 0.00603. The van der Waals surface area contributed by atoms with Gasteiger partial charge < -0.3 is 10.0 Å². The van der Waals surface area contributed by atoms with Crippen LogP contribution in [0.25, 0.3) is 0 Å². The Morgan fingerprint density at radius 3 is 2.08 bits per heavy atom. The molecule has 2 aromatic carbocycles. The molecule has 37 heavy (non-hydrogen) atoms. The van der Waals surface area contributed by atoms with E-state index in [1.165, 1.54) is 0 Å². The molecule has 0 spiro atoms. The van der Waals surface area contributed by atoms with Gasteiger partial charge in [0.05, 0.1) is 11.7 Å². The highest BCUT2D eigenvalue weighted by molar-refractivity contribution is 5.94. The van der Waals surface area contributed by atoms with Gasteiger partial charge in [0.15, 0.2) is 0 Å². The molecule has 0 bridgehead atoms. The maximum atomic E-state index is 12.8. The highest BCUT2D eigenvalue weighted by Crippen LogP contribution is 2.31. The molecule has 0 aliphatic carbocycles. The number of hydrogen-bond donors (Lipinski definition) is 2. The largest absolute Gasteiger partial charge is 0.465 e. The Balaban J connectivity index is 1.55. The Morgan fingerprint density at radius 1 is 0.919 bits per heavy atom. The van der Waals surface area contributed by atoms with Gasteiger partial charge in [0.2, 0.25) is 0 Å². The molecule has 1 aliphatic heterocycles. The Kier molecular flexibility index (Phi) is 8.87. The first kappa shape index (κ1) is 26.3. The first-order valence-electron chi connectivity index (χ1n) is 12.8. The van der Waals surface area contributed by atoms with Crippen LogP contribution in [-0.4, -0.2) is 76.1 Å². The Bertz CT molecular complexity index is 1160. The van der Waals surface area contributed by atoms with Gasteiger partial charge in [-0.1, -0.05) is 30.3 Å². The lowest BCUT2D eigenvalue weighted by Gasteiger charge is -2.39. The van der Waals surface area contributed by atoms with E-state index >= 15 is 0 Å². The first-order chi connectivity index (χ1) is 18.0. The molecule has 1 unspecified atom stereocenters. The molecule has 1 aromatic heterocycles. The van der Waals surface area contributed by atoms with Crippen molar-refractivity contribution < 1.29 is 14.7 Å². The SMILES string of the molecule is CCN(CC)C(=O)c1ccc(C(c2ccc(NC(=O)O)cc2)N2CCN(Cc3ccccn3)CC2)cc1. The molecule has 194 valence electrons. The molecule has 2 N–H and O–H groups in total. The van der Waals surface area contributed by atoms with Crippen LogP contribution >= 0.6 is 0 Å². The summed E-state index contributed by atoms with van der Waals surface area (Å²) in [6, 6.07) is 21.5. The van der Waals surface area contributed by atoms with E-state index in [2.05, 4.69) is 26.2 Å². The van der Waals surface area contributed by atoms with Gasteiger partial charge >= 0.3 is 6.09 Å². The minimum atomic E-state index is -1.08. The van der Waals surface area contributed by atoms with Gasteiger partial charge in [-0.2, -0.15) is 0 Å². The van der Waals surface area contributed by atoms with Crippen LogP contribution < -0.4 is 5.32 Å². The number of carbonyl (C=O) groups is 2. The second-order valence-electron chi connectivity index (χ2n) is 9.19. The van der Waals surface area contributed by atoms with E-state index in [1.807, 2.05) is 73.5 Å². The van der Waals surface area contributed by atoms with E-state index in [1.54, 1.807) is 12.1 Å². The molecule has 2 amide bonds. The second kappa shape index (κ2) is 12.5. The van der Waals surface area contributed by atoms with Gasteiger partial charge in [0.1, 0.15) is 0 Å². The standard InChI is InChI=1S/C29H35N5O3/c1-3-33(4-2)28(35)24-10-8-22(9-11-24)27(23-12-14-25(15-13-23)31-29(36)37)34-19-17-32(18-20-34)21-26-7-5-6-16-30-26/h5-16,27,31H,3-4,17-21H2,1-2H3,(H,36,37). The topological polar surface area (TPSA) is 89.0 Å². The highest BCUT2D eigenvalue weighted by Gasteiger charge is 2.27. The number of aromatic nitrogens is 1. The average Bonchev–Trinajstić information content (AvgIpc) is 2.92. The van der Waals surface area contributed by atoms with Gasteiger partial charge in [-0.15, -0.1) is 0 Å². The van der Waals surface area contributed by atoms with Crippen molar-refractivity contribution in [3.05, 3.63) is 95.3 Å². The van der Waals surface area contributed by atoms with Gasteiger partial charge in [0.25, 0.3) is 5.91 Å². The van der Waals surface area contributed by atoms with E-state index in [0.29, 0.717) is 24.3 Å². The Hall–Kier alpha value is -3.75. The fraction of sp³-hybridized carbons (Fsp3) is 0.345. The third-order valence-corrected chi connectivity index (χ3v) is 6.89. The third kappa shape index (κ3) is 6.72. The molecule has 0 saturated carbocycles. The Labute approximate surface area is 218 Å². The summed E-state index contributed by atoms with van der Waals surface area (Å²) in [5.74, 6) is 0.0420. The lowest BCUT2D eigenvalue weighted by molar-refractivity contribution is 0.0772. The summed E-state index contributed by atoms with van der Waals surface area (Å²) in [7, 11) is 0. The number of nitrogens with one attached hydrogen (secondary N) is 1. The molecule has 1 saturated heterocycles. The van der Waals surface area contributed by atoms with Crippen LogP contribution in [0.3, 0.4) is 0 Å². The molecular weight excluding hydrogens is 466 g/mol. The maximum absolute atomic E-state index is 12.8. The minimum Gasteiger partial charge on any atom is -0.465 e. The van der Waals surface area contributed by atoms with Crippen LogP contribution in [-0.2, 0) is 6.54 Å². The predicted octanol–water partition coefficient (Wildman–Crippen LogP) is 4.56. The van der Waals surface area contributed by atoms with Crippen LogP contribution in [0.1, 0.15) is 47.1 Å². The van der Waals surface area contributed by atoms with E-state index in [4.69, 9.17) is 5.11 Å². The quantitative estimate of drug-likeness (QED) is 0.447. The molecular formula is C29H35N5O3. The zero-order valence-corrected chi connectivity index (χ0v) is 21.5. The number of hydrogen-bond acceptors (Lipinski definition) is 5. The summed E-state index contributed by atoms with van der Waals surface area (Å²) in [5.41, 5.74) is 4.48. The average molecular weight is 502 g/mol. The third-order valence-electron chi connectivity index (χ3n) is 6.89. The lowest BCUT2D eigenvalue weighted by Crippen LogP contribution is -2.47. The van der Waals surface area contributed by atoms with Crippen molar-refractivity contribution in [1.82, 2.24) is 19.7 Å². The Morgan fingerprint density at radius 2 is 1.54 bits per heavy atom. The number of piperazine rings is 1. The van der Waals surface area contributed by atoms with Crippen molar-refractivity contribution in [2.75, 3.05) is 44.6 Å². The summed E-state index contributed by atoms with van der Waals surface area (Å²) in [5, 5.41) is 11.5. The molecule has 1 atom stereocenters. The van der Waals surface area contributed by atoms with Crippen molar-refractivity contribution in [2.45, 2.75) is 26.4 Å². The maximum Gasteiger partial charge on any atom is 0.409 e. The number of nitrogens with zero attached hydrogens (tertiary/aromatic N) is 4. The van der Waals surface area contributed by atoms with Crippen molar-refractivity contribution in [2.24, 2.45) is 0 Å². The molecule has 2 heterocycles. The summed E-state index contributed by atoms with van der Waals surface area (Å²) >= 11 is 0. The van der Waals surface area contributed by atoms with Gasteiger partial charge in [-0.3, -0.25) is 24.9 Å². The number of rotatable bonds is 9. The number of anilines is 1. The summed E-state index contributed by atoms with van der Waals surface area (Å²) in [6.07, 6.45) is 0.751. The number of carboxylic acid groups (broad SMARTS) is 1. The zero-order chi connectivity index (χ0) is 26.2. The molecule has 4 rings (SSSR count). The van der Waals surface area contributed by atoms with Crippen LogP contribution in [0.15, 0.2) is 72.9 Å². The van der Waals surface area contributed by atoms with Crippen molar-refractivity contribution >= 4 is 17.7 Å². The normalized spacial score (nSPS) is 15.2. The molecule has 8 nitrogen and oxygen atoms in total. The summed E-state index contributed by atoms with van der Waals surface area (Å²) < 4.78 is 0. The van der Waals surface area contributed by atoms with Crippen molar-refractivity contribution in [1.29, 1.82) is 0 Å². The molecule has 1 aliphatic rings. The second-order valence-corrected chi connectivity index (χ2v) is 9.19. The van der Waals surface area contributed by atoms with Crippen LogP contribution in [0.5, 0.6) is 0 Å².